The van der Waals surface area contributed by atoms with Crippen molar-refractivity contribution < 1.29 is 9.53 Å². The Balaban J connectivity index is 1.53. The standard InChI is InChI=1S/C23H29N3O2/c1-28-14-11-24-23(27)20-15-19-9-5-6-10-21(19)26-13-12-25(17-22(20)26)16-18-7-3-2-4-8-18/h2-10,20,22H,11-17H2,1H3,(H,24,27). The molecule has 0 saturated carbocycles. The van der Waals surface area contributed by atoms with Crippen molar-refractivity contribution in [1.82, 2.24) is 10.2 Å². The Kier molecular flexibility index (Phi) is 5.93. The van der Waals surface area contributed by atoms with Crippen molar-refractivity contribution in [2.45, 2.75) is 19.0 Å². The summed E-state index contributed by atoms with van der Waals surface area (Å²) in [5.74, 6) is 0.105. The molecule has 2 aromatic carbocycles. The van der Waals surface area contributed by atoms with Gasteiger partial charge >= 0.3 is 0 Å². The van der Waals surface area contributed by atoms with Gasteiger partial charge in [-0.1, -0.05) is 48.5 Å². The van der Waals surface area contributed by atoms with Crippen LogP contribution in [0.3, 0.4) is 0 Å². The summed E-state index contributed by atoms with van der Waals surface area (Å²) in [7, 11) is 1.66. The van der Waals surface area contributed by atoms with Gasteiger partial charge in [0.2, 0.25) is 5.91 Å². The number of carbonyl (C=O) groups excluding carboxylic acids is 1. The minimum Gasteiger partial charge on any atom is -0.383 e. The molecule has 0 bridgehead atoms. The van der Waals surface area contributed by atoms with Crippen LogP contribution in [-0.2, 0) is 22.5 Å². The fraction of sp³-hybridized carbons (Fsp3) is 0.435. The number of hydrogen-bond acceptors (Lipinski definition) is 4. The molecule has 1 saturated heterocycles. The van der Waals surface area contributed by atoms with Gasteiger partial charge in [0.1, 0.15) is 0 Å². The van der Waals surface area contributed by atoms with Gasteiger partial charge in [-0.2, -0.15) is 0 Å². The minimum absolute atomic E-state index is 0.0367. The molecule has 1 amide bonds. The lowest BCUT2D eigenvalue weighted by Crippen LogP contribution is -2.61. The molecule has 0 aliphatic carbocycles. The molecule has 148 valence electrons. The van der Waals surface area contributed by atoms with Crippen LogP contribution in [0.25, 0.3) is 0 Å². The van der Waals surface area contributed by atoms with Crippen molar-refractivity contribution in [3.63, 3.8) is 0 Å². The molecule has 5 nitrogen and oxygen atoms in total. The van der Waals surface area contributed by atoms with Gasteiger partial charge in [0.25, 0.3) is 0 Å². The van der Waals surface area contributed by atoms with E-state index in [9.17, 15) is 4.79 Å². The largest absolute Gasteiger partial charge is 0.383 e. The van der Waals surface area contributed by atoms with E-state index in [4.69, 9.17) is 4.74 Å². The van der Waals surface area contributed by atoms with Gasteiger partial charge in [-0.3, -0.25) is 9.69 Å². The molecule has 2 unspecified atom stereocenters. The van der Waals surface area contributed by atoms with E-state index in [1.807, 2.05) is 0 Å². The van der Waals surface area contributed by atoms with Crippen LogP contribution < -0.4 is 10.2 Å². The first-order valence-corrected chi connectivity index (χ1v) is 10.1. The number of carbonyl (C=O) groups is 1. The van der Waals surface area contributed by atoms with Crippen LogP contribution in [-0.4, -0.2) is 56.7 Å². The van der Waals surface area contributed by atoms with Gasteiger partial charge in [-0.05, 0) is 23.6 Å². The maximum Gasteiger partial charge on any atom is 0.225 e. The molecule has 4 rings (SSSR count). The van der Waals surface area contributed by atoms with E-state index < -0.39 is 0 Å². The number of rotatable bonds is 6. The summed E-state index contributed by atoms with van der Waals surface area (Å²) in [5, 5.41) is 3.07. The van der Waals surface area contributed by atoms with Crippen LogP contribution in [0.15, 0.2) is 54.6 Å². The Morgan fingerprint density at radius 1 is 1.11 bits per heavy atom. The zero-order chi connectivity index (χ0) is 19.3. The molecular weight excluding hydrogens is 350 g/mol. The second kappa shape index (κ2) is 8.76. The number of ether oxygens (including phenoxy) is 1. The van der Waals surface area contributed by atoms with Gasteiger partial charge in [0, 0.05) is 45.5 Å². The smallest absolute Gasteiger partial charge is 0.225 e. The van der Waals surface area contributed by atoms with Crippen LogP contribution in [0.1, 0.15) is 11.1 Å². The fourth-order valence-electron chi connectivity index (χ4n) is 4.51. The lowest BCUT2D eigenvalue weighted by atomic mass is 9.83. The third-order valence-electron chi connectivity index (χ3n) is 5.90. The Hall–Kier alpha value is -2.37. The van der Waals surface area contributed by atoms with E-state index in [0.717, 1.165) is 32.6 Å². The summed E-state index contributed by atoms with van der Waals surface area (Å²) >= 11 is 0. The monoisotopic (exact) mass is 379 g/mol. The zero-order valence-corrected chi connectivity index (χ0v) is 16.5. The quantitative estimate of drug-likeness (QED) is 0.783. The number of nitrogens with zero attached hydrogens (tertiary/aromatic N) is 2. The minimum atomic E-state index is -0.0367. The van der Waals surface area contributed by atoms with Crippen molar-refractivity contribution in [1.29, 1.82) is 0 Å². The van der Waals surface area contributed by atoms with Gasteiger partial charge in [-0.15, -0.1) is 0 Å². The second-order valence-electron chi connectivity index (χ2n) is 7.70. The molecule has 2 atom stereocenters. The summed E-state index contributed by atoms with van der Waals surface area (Å²) in [6.45, 7) is 4.92. The summed E-state index contributed by atoms with van der Waals surface area (Å²) in [6, 6.07) is 19.3. The number of benzene rings is 2. The van der Waals surface area contributed by atoms with Gasteiger partial charge in [0.15, 0.2) is 0 Å². The third-order valence-corrected chi connectivity index (χ3v) is 5.90. The average Bonchev–Trinajstić information content (AvgIpc) is 2.74. The van der Waals surface area contributed by atoms with Crippen molar-refractivity contribution >= 4 is 11.6 Å². The molecule has 1 N–H and O–H groups in total. The first-order chi connectivity index (χ1) is 13.8. The average molecular weight is 380 g/mol. The van der Waals surface area contributed by atoms with Crippen LogP contribution in [0.4, 0.5) is 5.69 Å². The molecule has 2 heterocycles. The summed E-state index contributed by atoms with van der Waals surface area (Å²) < 4.78 is 5.09. The van der Waals surface area contributed by atoms with Crippen LogP contribution in [0, 0.1) is 5.92 Å². The first kappa shape index (κ1) is 19.0. The van der Waals surface area contributed by atoms with E-state index in [2.05, 4.69) is 69.7 Å². The fourth-order valence-corrected chi connectivity index (χ4v) is 4.51. The van der Waals surface area contributed by atoms with Crippen molar-refractivity contribution in [2.24, 2.45) is 5.92 Å². The summed E-state index contributed by atoms with van der Waals surface area (Å²) in [6.07, 6.45) is 0.801. The van der Waals surface area contributed by atoms with Gasteiger partial charge in [0.05, 0.1) is 18.6 Å². The molecule has 0 radical (unpaired) electrons. The van der Waals surface area contributed by atoms with Crippen LogP contribution in [0.5, 0.6) is 0 Å². The van der Waals surface area contributed by atoms with E-state index in [1.165, 1.54) is 16.8 Å². The summed E-state index contributed by atoms with van der Waals surface area (Å²) in [4.78, 5) is 17.9. The van der Waals surface area contributed by atoms with E-state index in [-0.39, 0.29) is 17.9 Å². The molecule has 28 heavy (non-hydrogen) atoms. The molecule has 5 heteroatoms. The Morgan fingerprint density at radius 2 is 1.89 bits per heavy atom. The predicted octanol–water partition coefficient (Wildman–Crippen LogP) is 2.31. The highest BCUT2D eigenvalue weighted by Gasteiger charge is 2.41. The predicted molar refractivity (Wildman–Crippen MR) is 111 cm³/mol. The number of piperazine rings is 1. The summed E-state index contributed by atoms with van der Waals surface area (Å²) in [5.41, 5.74) is 3.91. The molecule has 2 aromatic rings. The lowest BCUT2D eigenvalue weighted by Gasteiger charge is -2.49. The number of anilines is 1. The van der Waals surface area contributed by atoms with Crippen molar-refractivity contribution in [3.05, 3.63) is 65.7 Å². The topological polar surface area (TPSA) is 44.8 Å². The molecular formula is C23H29N3O2. The number of hydrogen-bond donors (Lipinski definition) is 1. The molecule has 2 aliphatic heterocycles. The van der Waals surface area contributed by atoms with E-state index in [0.29, 0.717) is 13.2 Å². The van der Waals surface area contributed by atoms with Gasteiger partial charge < -0.3 is 15.0 Å². The Labute approximate surface area is 167 Å². The van der Waals surface area contributed by atoms with E-state index >= 15 is 0 Å². The number of amides is 1. The zero-order valence-electron chi connectivity index (χ0n) is 16.5. The van der Waals surface area contributed by atoms with Gasteiger partial charge in [-0.25, -0.2) is 0 Å². The second-order valence-corrected chi connectivity index (χ2v) is 7.70. The molecule has 0 spiro atoms. The third kappa shape index (κ3) is 4.05. The Morgan fingerprint density at radius 3 is 2.71 bits per heavy atom. The van der Waals surface area contributed by atoms with Crippen LogP contribution >= 0.6 is 0 Å². The van der Waals surface area contributed by atoms with Crippen LogP contribution in [0.2, 0.25) is 0 Å². The first-order valence-electron chi connectivity index (χ1n) is 10.1. The maximum atomic E-state index is 13.0. The molecule has 1 fully saturated rings. The number of methoxy groups -OCH3 is 1. The highest BCUT2D eigenvalue weighted by atomic mass is 16.5. The highest BCUT2D eigenvalue weighted by Crippen LogP contribution is 2.36. The van der Waals surface area contributed by atoms with Crippen molar-refractivity contribution in [2.75, 3.05) is 44.8 Å². The number of para-hydroxylation sites is 1. The number of nitrogens with one attached hydrogen (secondary N) is 1. The highest BCUT2D eigenvalue weighted by molar-refractivity contribution is 5.82. The maximum absolute atomic E-state index is 13.0. The number of fused-ring (bicyclic) bond motifs is 3. The normalized spacial score (nSPS) is 21.7. The molecule has 2 aliphatic rings. The van der Waals surface area contributed by atoms with E-state index in [1.54, 1.807) is 7.11 Å². The lowest BCUT2D eigenvalue weighted by molar-refractivity contribution is -0.126. The molecule has 0 aromatic heterocycles. The Bertz CT molecular complexity index is 795. The SMILES string of the molecule is COCCNC(=O)C1Cc2ccccc2N2CCN(Cc3ccccc3)CC12. The van der Waals surface area contributed by atoms with Crippen molar-refractivity contribution in [3.8, 4) is 0 Å².